The highest BCUT2D eigenvalue weighted by Gasteiger charge is 2.50. The molecule has 0 aliphatic heterocycles. The Kier molecular flexibility index (Phi) is 7.71. The van der Waals surface area contributed by atoms with Crippen molar-refractivity contribution >= 4 is 0 Å². The van der Waals surface area contributed by atoms with Crippen molar-refractivity contribution in [2.45, 2.75) is 91.3 Å². The first kappa shape index (κ1) is 24.5. The van der Waals surface area contributed by atoms with Crippen LogP contribution in [0.4, 0.5) is 0 Å². The van der Waals surface area contributed by atoms with Gasteiger partial charge < -0.3 is 15.3 Å². The molecule has 3 saturated carbocycles. The molecular formula is C28H44O3. The number of hydrogen-bond donors (Lipinski definition) is 3. The minimum Gasteiger partial charge on any atom is -0.396 e. The van der Waals surface area contributed by atoms with Gasteiger partial charge in [-0.2, -0.15) is 0 Å². The number of aliphatic hydroxyl groups excluding tert-OH is 3. The van der Waals surface area contributed by atoms with E-state index in [1.807, 2.05) is 0 Å². The summed E-state index contributed by atoms with van der Waals surface area (Å²) in [5.41, 5.74) is 3.61. The van der Waals surface area contributed by atoms with Crippen molar-refractivity contribution in [3.8, 4) is 0 Å². The topological polar surface area (TPSA) is 60.7 Å². The second kappa shape index (κ2) is 9.77. The maximum atomic E-state index is 10.1. The molecule has 3 heteroatoms. The van der Waals surface area contributed by atoms with Crippen molar-refractivity contribution in [2.24, 2.45) is 28.6 Å². The molecule has 3 rings (SSSR count). The lowest BCUT2D eigenvalue weighted by molar-refractivity contribution is 0.0862. The van der Waals surface area contributed by atoms with Gasteiger partial charge in [-0.15, -0.1) is 0 Å². The fourth-order valence-corrected chi connectivity index (χ4v) is 6.41. The summed E-state index contributed by atoms with van der Waals surface area (Å²) in [6.45, 7) is 13.4. The van der Waals surface area contributed by atoms with Gasteiger partial charge in [-0.05, 0) is 84.7 Å². The number of fused-ring (bicyclic) bond motifs is 1. The summed E-state index contributed by atoms with van der Waals surface area (Å²) in [5, 5.41) is 29.7. The van der Waals surface area contributed by atoms with Crippen LogP contribution < -0.4 is 0 Å². The van der Waals surface area contributed by atoms with Crippen LogP contribution in [-0.4, -0.2) is 34.1 Å². The Morgan fingerprint density at radius 1 is 1.23 bits per heavy atom. The van der Waals surface area contributed by atoms with Crippen molar-refractivity contribution in [1.29, 1.82) is 0 Å². The second-order valence-electron chi connectivity index (χ2n) is 11.5. The number of aliphatic hydroxyl groups is 3. The van der Waals surface area contributed by atoms with Crippen molar-refractivity contribution in [3.63, 3.8) is 0 Å². The monoisotopic (exact) mass is 428 g/mol. The maximum absolute atomic E-state index is 10.1. The fourth-order valence-electron chi connectivity index (χ4n) is 6.41. The smallest absolute Gasteiger partial charge is 0.0811 e. The SMILES string of the molecule is C=C1/C(=C\C=C2\CCC[C@]3(C)[C@@H]([C@H](C)/C=C/CC(C)(C)CO)CC[C@@H]23)C[C@@H](O)C[C@@H]1O. The zero-order valence-electron chi connectivity index (χ0n) is 20.1. The number of allylic oxidation sites excluding steroid dienone is 5. The predicted octanol–water partition coefficient (Wildman–Crippen LogP) is 5.73. The summed E-state index contributed by atoms with van der Waals surface area (Å²) in [5.74, 6) is 1.86. The summed E-state index contributed by atoms with van der Waals surface area (Å²) < 4.78 is 0. The zero-order chi connectivity index (χ0) is 22.8. The van der Waals surface area contributed by atoms with E-state index in [0.717, 1.165) is 24.0 Å². The lowest BCUT2D eigenvalue weighted by Crippen LogP contribution is -2.35. The molecule has 0 unspecified atom stereocenters. The van der Waals surface area contributed by atoms with Crippen LogP contribution in [0.2, 0.25) is 0 Å². The van der Waals surface area contributed by atoms with E-state index in [0.29, 0.717) is 36.0 Å². The van der Waals surface area contributed by atoms with Crippen molar-refractivity contribution in [1.82, 2.24) is 0 Å². The standard InChI is InChI=1S/C28H44O3/c1-19(8-6-14-27(3,4)18-29)24-12-13-25-21(9-7-15-28(24,25)5)10-11-22-16-23(30)17-26(31)20(22)2/h6,8,10-11,19,23-26,29-31H,2,7,9,12-18H2,1,3-5H3/b8-6+,21-10-,22-11-/t19-,23-,24-,25+,26+,28-/m1/s1. The van der Waals surface area contributed by atoms with Crippen LogP contribution in [0.3, 0.4) is 0 Å². The van der Waals surface area contributed by atoms with Crippen LogP contribution in [-0.2, 0) is 0 Å². The maximum Gasteiger partial charge on any atom is 0.0811 e. The Labute approximate surface area is 189 Å². The molecule has 3 N–H and O–H groups in total. The average Bonchev–Trinajstić information content (AvgIpc) is 3.07. The van der Waals surface area contributed by atoms with E-state index in [1.54, 1.807) is 5.57 Å². The molecule has 174 valence electrons. The highest BCUT2D eigenvalue weighted by atomic mass is 16.3. The van der Waals surface area contributed by atoms with Crippen LogP contribution in [0.1, 0.15) is 79.1 Å². The van der Waals surface area contributed by atoms with E-state index >= 15 is 0 Å². The van der Waals surface area contributed by atoms with Gasteiger partial charge in [-0.1, -0.05) is 64.2 Å². The number of hydrogen-bond acceptors (Lipinski definition) is 3. The Morgan fingerprint density at radius 3 is 2.68 bits per heavy atom. The summed E-state index contributed by atoms with van der Waals surface area (Å²) >= 11 is 0. The minimum atomic E-state index is -0.621. The van der Waals surface area contributed by atoms with Crippen molar-refractivity contribution in [2.75, 3.05) is 6.61 Å². The van der Waals surface area contributed by atoms with E-state index in [9.17, 15) is 15.3 Å². The van der Waals surface area contributed by atoms with E-state index in [1.165, 1.54) is 25.7 Å². The molecule has 0 aromatic carbocycles. The first-order valence-electron chi connectivity index (χ1n) is 12.3. The molecule has 3 aliphatic carbocycles. The summed E-state index contributed by atoms with van der Waals surface area (Å²) in [4.78, 5) is 0. The molecular weight excluding hydrogens is 384 g/mol. The predicted molar refractivity (Wildman–Crippen MR) is 129 cm³/mol. The van der Waals surface area contributed by atoms with Gasteiger partial charge in [-0.25, -0.2) is 0 Å². The number of rotatable bonds is 6. The van der Waals surface area contributed by atoms with Crippen molar-refractivity contribution in [3.05, 3.63) is 47.6 Å². The molecule has 0 aromatic heterocycles. The molecule has 0 heterocycles. The molecule has 0 amide bonds. The molecule has 0 bridgehead atoms. The third kappa shape index (κ3) is 5.43. The molecule has 3 fully saturated rings. The lowest BCUT2D eigenvalue weighted by atomic mass is 9.61. The molecule has 3 nitrogen and oxygen atoms in total. The zero-order valence-corrected chi connectivity index (χ0v) is 20.1. The van der Waals surface area contributed by atoms with Gasteiger partial charge in [0, 0.05) is 13.0 Å². The van der Waals surface area contributed by atoms with Gasteiger partial charge in [-0.3, -0.25) is 0 Å². The van der Waals surface area contributed by atoms with Crippen molar-refractivity contribution < 1.29 is 15.3 Å². The molecule has 6 atom stereocenters. The Bertz CT molecular complexity index is 743. The van der Waals surface area contributed by atoms with Gasteiger partial charge in [0.05, 0.1) is 12.2 Å². The van der Waals surface area contributed by atoms with E-state index in [-0.39, 0.29) is 12.0 Å². The largest absolute Gasteiger partial charge is 0.396 e. The van der Waals surface area contributed by atoms with Gasteiger partial charge in [0.15, 0.2) is 0 Å². The molecule has 0 aromatic rings. The van der Waals surface area contributed by atoms with Crippen LogP contribution >= 0.6 is 0 Å². The summed E-state index contributed by atoms with van der Waals surface area (Å²) in [6.07, 6.45) is 16.1. The van der Waals surface area contributed by atoms with Gasteiger partial charge in [0.25, 0.3) is 0 Å². The third-order valence-corrected chi connectivity index (χ3v) is 8.47. The first-order valence-corrected chi connectivity index (χ1v) is 12.3. The van der Waals surface area contributed by atoms with E-state index in [2.05, 4.69) is 58.6 Å². The second-order valence-corrected chi connectivity index (χ2v) is 11.5. The highest BCUT2D eigenvalue weighted by molar-refractivity contribution is 5.38. The molecule has 3 aliphatic rings. The Hall–Kier alpha value is -1.16. The Morgan fingerprint density at radius 2 is 1.97 bits per heavy atom. The average molecular weight is 429 g/mol. The van der Waals surface area contributed by atoms with Gasteiger partial charge >= 0.3 is 0 Å². The van der Waals surface area contributed by atoms with Crippen LogP contribution in [0.25, 0.3) is 0 Å². The molecule has 0 radical (unpaired) electrons. The summed E-state index contributed by atoms with van der Waals surface area (Å²) in [6, 6.07) is 0. The normalized spacial score (nSPS) is 38.2. The van der Waals surface area contributed by atoms with Crippen LogP contribution in [0, 0.1) is 28.6 Å². The first-order chi connectivity index (χ1) is 14.6. The van der Waals surface area contributed by atoms with E-state index < -0.39 is 12.2 Å². The van der Waals surface area contributed by atoms with Gasteiger partial charge in [0.1, 0.15) is 0 Å². The Balaban J connectivity index is 1.73. The fraction of sp³-hybridized carbons (Fsp3) is 0.714. The van der Waals surface area contributed by atoms with Crippen LogP contribution in [0.5, 0.6) is 0 Å². The van der Waals surface area contributed by atoms with E-state index in [4.69, 9.17) is 0 Å². The third-order valence-electron chi connectivity index (χ3n) is 8.47. The molecule has 0 spiro atoms. The quantitative estimate of drug-likeness (QED) is 0.474. The molecule has 0 saturated heterocycles. The molecule has 31 heavy (non-hydrogen) atoms. The summed E-state index contributed by atoms with van der Waals surface area (Å²) in [7, 11) is 0. The van der Waals surface area contributed by atoms with Crippen LogP contribution in [0.15, 0.2) is 47.6 Å². The highest BCUT2D eigenvalue weighted by Crippen LogP contribution is 2.59. The lowest BCUT2D eigenvalue weighted by Gasteiger charge is -2.44. The van der Waals surface area contributed by atoms with Gasteiger partial charge in [0.2, 0.25) is 0 Å². The minimum absolute atomic E-state index is 0.0448.